The van der Waals surface area contributed by atoms with Crippen molar-refractivity contribution in [3.8, 4) is 5.69 Å². The lowest BCUT2D eigenvalue weighted by Gasteiger charge is -2.14. The molecule has 3 rings (SSSR count). The van der Waals surface area contributed by atoms with Crippen molar-refractivity contribution < 1.29 is 9.90 Å². The second-order valence-corrected chi connectivity index (χ2v) is 5.62. The zero-order valence-electron chi connectivity index (χ0n) is 11.2. The molecular formula is C15H12BrN3O2. The minimum Gasteiger partial charge on any atom is -0.481 e. The van der Waals surface area contributed by atoms with Gasteiger partial charge in [-0.15, -0.1) is 0 Å². The summed E-state index contributed by atoms with van der Waals surface area (Å²) in [4.78, 5) is 15.7. The molecule has 0 atom stereocenters. The van der Waals surface area contributed by atoms with Crippen LogP contribution in [0.15, 0.2) is 41.1 Å². The number of halogens is 1. The van der Waals surface area contributed by atoms with Crippen LogP contribution in [0.2, 0.25) is 0 Å². The number of benzene rings is 1. The third-order valence-electron chi connectivity index (χ3n) is 3.29. The summed E-state index contributed by atoms with van der Waals surface area (Å²) in [7, 11) is 0. The van der Waals surface area contributed by atoms with Gasteiger partial charge in [0, 0.05) is 33.5 Å². The number of aromatic nitrogens is 3. The van der Waals surface area contributed by atoms with Crippen molar-refractivity contribution in [2.24, 2.45) is 0 Å². The maximum atomic E-state index is 11.2. The summed E-state index contributed by atoms with van der Waals surface area (Å²) in [5, 5.41) is 14.3. The minimum atomic E-state index is -0.886. The first kappa shape index (κ1) is 13.8. The molecule has 3 aromatic rings. The monoisotopic (exact) mass is 345 g/mol. The van der Waals surface area contributed by atoms with Gasteiger partial charge in [0.2, 0.25) is 0 Å². The van der Waals surface area contributed by atoms with Crippen LogP contribution < -0.4 is 0 Å². The van der Waals surface area contributed by atoms with Crippen LogP contribution in [0.4, 0.5) is 0 Å². The van der Waals surface area contributed by atoms with E-state index in [9.17, 15) is 9.90 Å². The van der Waals surface area contributed by atoms with Crippen molar-refractivity contribution in [2.75, 3.05) is 0 Å². The number of carboxylic acids is 1. The summed E-state index contributed by atoms with van der Waals surface area (Å²) in [6.45, 7) is 1.83. The molecule has 0 aliphatic carbocycles. The highest BCUT2D eigenvalue weighted by Crippen LogP contribution is 2.29. The fourth-order valence-corrected chi connectivity index (χ4v) is 2.76. The minimum absolute atomic E-state index is 0.0868. The molecule has 0 saturated heterocycles. The molecule has 0 spiro atoms. The van der Waals surface area contributed by atoms with Gasteiger partial charge in [-0.25, -0.2) is 4.68 Å². The average Bonchev–Trinajstić information content (AvgIpc) is 2.93. The van der Waals surface area contributed by atoms with Crippen molar-refractivity contribution in [2.45, 2.75) is 13.3 Å². The van der Waals surface area contributed by atoms with E-state index in [1.54, 1.807) is 17.1 Å². The average molecular weight is 346 g/mol. The molecule has 0 radical (unpaired) electrons. The quantitative estimate of drug-likeness (QED) is 0.791. The molecule has 0 aliphatic rings. The lowest BCUT2D eigenvalue weighted by Crippen LogP contribution is -2.10. The molecule has 106 valence electrons. The molecule has 0 aliphatic heterocycles. The molecule has 5 nitrogen and oxygen atoms in total. The number of aryl methyl sites for hydroxylation is 1. The summed E-state index contributed by atoms with van der Waals surface area (Å²) in [6, 6.07) is 7.57. The molecule has 6 heteroatoms. The summed E-state index contributed by atoms with van der Waals surface area (Å²) >= 11 is 3.45. The first-order valence-electron chi connectivity index (χ1n) is 6.37. The maximum absolute atomic E-state index is 11.2. The Morgan fingerprint density at radius 2 is 2.24 bits per heavy atom. The molecule has 0 amide bonds. The number of nitrogens with zero attached hydrogens (tertiary/aromatic N) is 3. The molecular weight excluding hydrogens is 334 g/mol. The van der Waals surface area contributed by atoms with Crippen LogP contribution in [0.25, 0.3) is 16.6 Å². The highest BCUT2D eigenvalue weighted by Gasteiger charge is 2.17. The first-order chi connectivity index (χ1) is 10.1. The van der Waals surface area contributed by atoms with Gasteiger partial charge < -0.3 is 5.11 Å². The summed E-state index contributed by atoms with van der Waals surface area (Å²) in [6.07, 6.45) is 3.39. The van der Waals surface area contributed by atoms with Gasteiger partial charge in [0.25, 0.3) is 0 Å². The van der Waals surface area contributed by atoms with Gasteiger partial charge in [0.15, 0.2) is 0 Å². The van der Waals surface area contributed by atoms with E-state index in [1.807, 2.05) is 31.2 Å². The Hall–Kier alpha value is -2.21. The molecule has 0 saturated carbocycles. The Morgan fingerprint density at radius 3 is 2.90 bits per heavy atom. The van der Waals surface area contributed by atoms with E-state index >= 15 is 0 Å². The Morgan fingerprint density at radius 1 is 1.43 bits per heavy atom. The van der Waals surface area contributed by atoms with Crippen LogP contribution in [0.1, 0.15) is 11.3 Å². The van der Waals surface area contributed by atoms with Gasteiger partial charge in [-0.2, -0.15) is 5.10 Å². The van der Waals surface area contributed by atoms with Crippen molar-refractivity contribution in [1.82, 2.24) is 14.8 Å². The van der Waals surface area contributed by atoms with Gasteiger partial charge >= 0.3 is 5.97 Å². The van der Waals surface area contributed by atoms with E-state index < -0.39 is 5.97 Å². The highest BCUT2D eigenvalue weighted by molar-refractivity contribution is 9.10. The number of carboxylic acid groups (broad SMARTS) is 1. The van der Waals surface area contributed by atoms with Crippen molar-refractivity contribution in [1.29, 1.82) is 0 Å². The van der Waals surface area contributed by atoms with Crippen molar-refractivity contribution in [3.05, 3.63) is 52.4 Å². The number of aliphatic carboxylic acids is 1. The Kier molecular flexibility index (Phi) is 3.47. The van der Waals surface area contributed by atoms with Gasteiger partial charge in [-0.3, -0.25) is 9.78 Å². The topological polar surface area (TPSA) is 68.0 Å². The van der Waals surface area contributed by atoms with Crippen LogP contribution >= 0.6 is 15.9 Å². The number of fused-ring (bicyclic) bond motifs is 1. The number of hydrogen-bond donors (Lipinski definition) is 1. The third-order valence-corrected chi connectivity index (χ3v) is 3.78. The zero-order valence-corrected chi connectivity index (χ0v) is 12.8. The Balaban J connectivity index is 2.41. The molecule has 0 bridgehead atoms. The van der Waals surface area contributed by atoms with E-state index in [4.69, 9.17) is 0 Å². The van der Waals surface area contributed by atoms with E-state index in [1.165, 1.54) is 0 Å². The predicted molar refractivity (Wildman–Crippen MR) is 82.6 cm³/mol. The lowest BCUT2D eigenvalue weighted by molar-refractivity contribution is -0.136. The van der Waals surface area contributed by atoms with Crippen LogP contribution in [0, 0.1) is 6.92 Å². The summed E-state index contributed by atoms with van der Waals surface area (Å²) in [5.41, 5.74) is 2.97. The lowest BCUT2D eigenvalue weighted by atomic mass is 10.0. The van der Waals surface area contributed by atoms with Gasteiger partial charge in [-0.1, -0.05) is 15.9 Å². The normalized spacial score (nSPS) is 11.0. The molecule has 1 N–H and O–H groups in total. The number of carbonyl (C=O) groups is 1. The molecule has 2 aromatic heterocycles. The second kappa shape index (κ2) is 5.29. The van der Waals surface area contributed by atoms with Crippen LogP contribution in [-0.2, 0) is 11.2 Å². The van der Waals surface area contributed by atoms with Gasteiger partial charge in [-0.05, 0) is 31.2 Å². The van der Waals surface area contributed by atoms with E-state index in [0.29, 0.717) is 11.3 Å². The van der Waals surface area contributed by atoms with E-state index in [0.717, 1.165) is 21.1 Å². The van der Waals surface area contributed by atoms with Crippen molar-refractivity contribution >= 4 is 32.8 Å². The largest absolute Gasteiger partial charge is 0.481 e. The highest BCUT2D eigenvalue weighted by atomic mass is 79.9. The van der Waals surface area contributed by atoms with Gasteiger partial charge in [0.1, 0.15) is 0 Å². The SMILES string of the molecule is Cc1nc2ccc(Br)cc2c(-n2cccn2)c1CC(=O)O. The summed E-state index contributed by atoms with van der Waals surface area (Å²) in [5.74, 6) is -0.886. The fraction of sp³-hybridized carbons (Fsp3) is 0.133. The first-order valence-corrected chi connectivity index (χ1v) is 7.16. The van der Waals surface area contributed by atoms with Crippen LogP contribution in [0.3, 0.4) is 0 Å². The summed E-state index contributed by atoms with van der Waals surface area (Å²) < 4.78 is 2.61. The number of pyridine rings is 1. The zero-order chi connectivity index (χ0) is 15.0. The molecule has 21 heavy (non-hydrogen) atoms. The number of rotatable bonds is 3. The standard InChI is InChI=1S/C15H12BrN3O2/c1-9-11(8-14(20)21)15(19-6-2-5-17-19)12-7-10(16)3-4-13(12)18-9/h2-7H,8H2,1H3,(H,20,21). The molecule has 2 heterocycles. The van der Waals surface area contributed by atoms with Crippen molar-refractivity contribution in [3.63, 3.8) is 0 Å². The maximum Gasteiger partial charge on any atom is 0.307 e. The molecule has 0 fully saturated rings. The van der Waals surface area contributed by atoms with E-state index in [-0.39, 0.29) is 6.42 Å². The smallest absolute Gasteiger partial charge is 0.307 e. The van der Waals surface area contributed by atoms with Crippen LogP contribution in [0.5, 0.6) is 0 Å². The Bertz CT molecular complexity index is 829. The fourth-order valence-electron chi connectivity index (χ4n) is 2.40. The van der Waals surface area contributed by atoms with Crippen LogP contribution in [-0.4, -0.2) is 25.8 Å². The Labute approximate surface area is 129 Å². The number of hydrogen-bond acceptors (Lipinski definition) is 3. The molecule has 0 unspecified atom stereocenters. The predicted octanol–water partition coefficient (Wildman–Crippen LogP) is 3.12. The molecule has 1 aromatic carbocycles. The third kappa shape index (κ3) is 2.54. The van der Waals surface area contributed by atoms with E-state index in [2.05, 4.69) is 26.0 Å². The second-order valence-electron chi connectivity index (χ2n) is 4.71. The van der Waals surface area contributed by atoms with Gasteiger partial charge in [0.05, 0.1) is 17.6 Å².